The first-order chi connectivity index (χ1) is 11.0. The van der Waals surface area contributed by atoms with Crippen LogP contribution in [0.3, 0.4) is 0 Å². The van der Waals surface area contributed by atoms with E-state index in [0.717, 1.165) is 31.3 Å². The minimum atomic E-state index is -3.74. The second-order valence-electron chi connectivity index (χ2n) is 5.54. The van der Waals surface area contributed by atoms with Crippen LogP contribution < -0.4 is 9.46 Å². The number of methoxy groups -OCH3 is 1. The number of rotatable bonds is 5. The molecule has 0 saturated heterocycles. The predicted molar refractivity (Wildman–Crippen MR) is 82.2 cm³/mol. The van der Waals surface area contributed by atoms with E-state index in [0.29, 0.717) is 6.54 Å². The van der Waals surface area contributed by atoms with Crippen LogP contribution in [-0.2, 0) is 23.0 Å². The largest absolute Gasteiger partial charge is 0.494 e. The molecule has 1 aliphatic rings. The Morgan fingerprint density at radius 3 is 3.04 bits per heavy atom. The van der Waals surface area contributed by atoms with Crippen molar-refractivity contribution in [3.05, 3.63) is 42.2 Å². The van der Waals surface area contributed by atoms with E-state index in [4.69, 9.17) is 4.74 Å². The normalized spacial score (nSPS) is 17.7. The Labute approximate surface area is 134 Å². The highest BCUT2D eigenvalue weighted by Gasteiger charge is 2.22. The molecule has 1 aromatic heterocycles. The lowest BCUT2D eigenvalue weighted by atomic mass is 9.98. The maximum Gasteiger partial charge on any atom is 0.240 e. The number of benzene rings is 1. The Morgan fingerprint density at radius 2 is 2.30 bits per heavy atom. The Kier molecular flexibility index (Phi) is 4.36. The molecule has 0 amide bonds. The van der Waals surface area contributed by atoms with Crippen LogP contribution in [-0.4, -0.2) is 31.6 Å². The number of imidazole rings is 1. The van der Waals surface area contributed by atoms with Crippen molar-refractivity contribution in [2.45, 2.75) is 24.3 Å². The molecule has 1 aliphatic heterocycles. The van der Waals surface area contributed by atoms with Gasteiger partial charge in [-0.05, 0) is 30.5 Å². The average molecular weight is 339 g/mol. The molecule has 0 saturated carbocycles. The lowest BCUT2D eigenvalue weighted by molar-refractivity contribution is 0.379. The lowest BCUT2D eigenvalue weighted by Crippen LogP contribution is -2.33. The Bertz CT molecular complexity index is 804. The number of sulfonamides is 1. The van der Waals surface area contributed by atoms with Crippen molar-refractivity contribution in [1.82, 2.24) is 14.3 Å². The summed E-state index contributed by atoms with van der Waals surface area (Å²) in [6.07, 6.45) is 5.28. The summed E-state index contributed by atoms with van der Waals surface area (Å²) in [5.41, 5.74) is 0. The summed E-state index contributed by atoms with van der Waals surface area (Å²) < 4.78 is 47.7. The number of aryl methyl sites for hydroxylation is 1. The van der Waals surface area contributed by atoms with Crippen LogP contribution in [0.2, 0.25) is 0 Å². The average Bonchev–Trinajstić information content (AvgIpc) is 3.00. The van der Waals surface area contributed by atoms with Crippen LogP contribution in [0.25, 0.3) is 0 Å². The van der Waals surface area contributed by atoms with E-state index >= 15 is 0 Å². The topological polar surface area (TPSA) is 73.2 Å². The second-order valence-corrected chi connectivity index (χ2v) is 7.31. The van der Waals surface area contributed by atoms with Crippen molar-refractivity contribution in [1.29, 1.82) is 0 Å². The molecule has 1 atom stereocenters. The lowest BCUT2D eigenvalue weighted by Gasteiger charge is -2.23. The zero-order valence-electron chi connectivity index (χ0n) is 12.7. The molecule has 124 valence electrons. The minimum absolute atomic E-state index is 0.0167. The van der Waals surface area contributed by atoms with E-state index in [1.54, 1.807) is 6.20 Å². The molecule has 0 spiro atoms. The monoisotopic (exact) mass is 339 g/mol. The number of aromatic nitrogens is 2. The van der Waals surface area contributed by atoms with Gasteiger partial charge in [0.1, 0.15) is 5.82 Å². The van der Waals surface area contributed by atoms with Crippen LogP contribution in [0.4, 0.5) is 4.39 Å². The summed E-state index contributed by atoms with van der Waals surface area (Å²) in [5, 5.41) is 0. The highest BCUT2D eigenvalue weighted by atomic mass is 32.2. The van der Waals surface area contributed by atoms with Crippen LogP contribution in [0, 0.1) is 11.7 Å². The third-order valence-corrected chi connectivity index (χ3v) is 5.47. The fraction of sp³-hybridized carbons (Fsp3) is 0.400. The molecule has 1 aromatic carbocycles. The third-order valence-electron chi connectivity index (χ3n) is 4.05. The molecule has 2 aromatic rings. The maximum atomic E-state index is 13.7. The number of ether oxygens (including phenoxy) is 1. The summed E-state index contributed by atoms with van der Waals surface area (Å²) >= 11 is 0. The predicted octanol–water partition coefficient (Wildman–Crippen LogP) is 1.57. The third kappa shape index (κ3) is 3.37. The van der Waals surface area contributed by atoms with Gasteiger partial charge in [-0.1, -0.05) is 0 Å². The number of nitrogens with zero attached hydrogens (tertiary/aromatic N) is 2. The zero-order valence-corrected chi connectivity index (χ0v) is 13.5. The van der Waals surface area contributed by atoms with E-state index < -0.39 is 15.8 Å². The Morgan fingerprint density at radius 1 is 1.48 bits per heavy atom. The fourth-order valence-electron chi connectivity index (χ4n) is 2.71. The van der Waals surface area contributed by atoms with Gasteiger partial charge >= 0.3 is 0 Å². The Balaban J connectivity index is 1.66. The van der Waals surface area contributed by atoms with E-state index in [9.17, 15) is 12.8 Å². The maximum absolute atomic E-state index is 13.7. The highest BCUT2D eigenvalue weighted by molar-refractivity contribution is 7.89. The molecule has 0 unspecified atom stereocenters. The molecule has 0 aliphatic carbocycles. The zero-order chi connectivity index (χ0) is 16.4. The summed E-state index contributed by atoms with van der Waals surface area (Å²) in [7, 11) is -2.41. The number of nitrogens with one attached hydrogen (secondary N) is 1. The van der Waals surface area contributed by atoms with Crippen molar-refractivity contribution in [2.24, 2.45) is 5.92 Å². The molecule has 0 fully saturated rings. The smallest absolute Gasteiger partial charge is 0.240 e. The molecule has 0 bridgehead atoms. The van der Waals surface area contributed by atoms with Gasteiger partial charge in [-0.3, -0.25) is 0 Å². The number of fused-ring (bicyclic) bond motifs is 1. The van der Waals surface area contributed by atoms with E-state index in [2.05, 4.69) is 14.3 Å². The summed E-state index contributed by atoms with van der Waals surface area (Å²) in [5.74, 6) is 0.469. The van der Waals surface area contributed by atoms with Crippen LogP contribution in [0.15, 0.2) is 35.5 Å². The van der Waals surface area contributed by atoms with Gasteiger partial charge in [0.05, 0.1) is 12.0 Å². The van der Waals surface area contributed by atoms with Crippen molar-refractivity contribution < 1.29 is 17.5 Å². The molecule has 23 heavy (non-hydrogen) atoms. The quantitative estimate of drug-likeness (QED) is 0.897. The van der Waals surface area contributed by atoms with Crippen LogP contribution in [0.1, 0.15) is 12.2 Å². The summed E-state index contributed by atoms with van der Waals surface area (Å²) in [4.78, 5) is 4.16. The minimum Gasteiger partial charge on any atom is -0.494 e. The van der Waals surface area contributed by atoms with E-state index in [1.165, 1.54) is 19.2 Å². The van der Waals surface area contributed by atoms with Crippen LogP contribution in [0.5, 0.6) is 5.75 Å². The Hall–Kier alpha value is -1.93. The summed E-state index contributed by atoms with van der Waals surface area (Å²) in [6, 6.07) is 3.61. The first-order valence-corrected chi connectivity index (χ1v) is 8.81. The number of hydrogen-bond donors (Lipinski definition) is 1. The van der Waals surface area contributed by atoms with Gasteiger partial charge in [0, 0.05) is 31.9 Å². The van der Waals surface area contributed by atoms with Crippen LogP contribution >= 0.6 is 0 Å². The molecule has 0 radical (unpaired) electrons. The number of halogens is 1. The highest BCUT2D eigenvalue weighted by Crippen LogP contribution is 2.22. The van der Waals surface area contributed by atoms with Gasteiger partial charge in [-0.15, -0.1) is 0 Å². The fourth-order valence-corrected chi connectivity index (χ4v) is 3.84. The van der Waals surface area contributed by atoms with Crippen molar-refractivity contribution >= 4 is 10.0 Å². The SMILES string of the molecule is COc1ccc(S(=O)(=O)NC[C@H]2CCn3ccnc3C2)cc1F. The second kappa shape index (κ2) is 6.29. The van der Waals surface area contributed by atoms with Gasteiger partial charge in [0.25, 0.3) is 0 Å². The standard InChI is InChI=1S/C15H18FN3O3S/c1-22-14-3-2-12(9-13(14)16)23(20,21)18-10-11-4-6-19-7-5-17-15(19)8-11/h2-3,5,7,9,11,18H,4,6,8,10H2,1H3/t11-/m0/s1. The molecule has 2 heterocycles. The van der Waals surface area contributed by atoms with Gasteiger partial charge in [0.15, 0.2) is 11.6 Å². The first kappa shape index (κ1) is 15.9. The molecule has 8 heteroatoms. The molecule has 6 nitrogen and oxygen atoms in total. The van der Waals surface area contributed by atoms with Crippen molar-refractivity contribution in [2.75, 3.05) is 13.7 Å². The van der Waals surface area contributed by atoms with Crippen molar-refractivity contribution in [3.8, 4) is 5.75 Å². The molecule has 3 rings (SSSR count). The van der Waals surface area contributed by atoms with Gasteiger partial charge in [-0.2, -0.15) is 0 Å². The number of hydrogen-bond acceptors (Lipinski definition) is 4. The first-order valence-electron chi connectivity index (χ1n) is 7.33. The van der Waals surface area contributed by atoms with E-state index in [-0.39, 0.29) is 16.6 Å². The van der Waals surface area contributed by atoms with Gasteiger partial charge in [-0.25, -0.2) is 22.5 Å². The van der Waals surface area contributed by atoms with Gasteiger partial charge in [0.2, 0.25) is 10.0 Å². The van der Waals surface area contributed by atoms with E-state index in [1.807, 2.05) is 6.20 Å². The molecular weight excluding hydrogens is 321 g/mol. The van der Waals surface area contributed by atoms with Gasteiger partial charge < -0.3 is 9.30 Å². The summed E-state index contributed by atoms with van der Waals surface area (Å²) in [6.45, 7) is 1.14. The molecular formula is C15H18FN3O3S. The van der Waals surface area contributed by atoms with Crippen molar-refractivity contribution in [3.63, 3.8) is 0 Å². The molecule has 1 N–H and O–H groups in total.